The van der Waals surface area contributed by atoms with Crippen molar-refractivity contribution in [3.05, 3.63) is 56.5 Å². The van der Waals surface area contributed by atoms with Crippen molar-refractivity contribution >= 4 is 17.2 Å². The number of non-ortho nitro benzene ring substituents is 1. The Morgan fingerprint density at radius 1 is 1.30 bits per heavy atom. The highest BCUT2D eigenvalue weighted by atomic mass is 16.6. The van der Waals surface area contributed by atoms with E-state index in [-0.39, 0.29) is 18.1 Å². The zero-order valence-electron chi connectivity index (χ0n) is 10.1. The second-order valence-electron chi connectivity index (χ2n) is 3.90. The number of imidazole rings is 1. The molecule has 1 heterocycles. The van der Waals surface area contributed by atoms with Crippen LogP contribution in [0.25, 0.3) is 0 Å². The molecule has 0 atom stereocenters. The van der Waals surface area contributed by atoms with Crippen LogP contribution in [0.3, 0.4) is 0 Å². The van der Waals surface area contributed by atoms with Gasteiger partial charge in [0.05, 0.1) is 17.2 Å². The minimum Gasteiger partial charge on any atom is -0.358 e. The average Bonchev–Trinajstić information content (AvgIpc) is 2.87. The van der Waals surface area contributed by atoms with Gasteiger partial charge in [-0.1, -0.05) is 0 Å². The number of nitrogens with one attached hydrogen (secondary N) is 1. The lowest BCUT2D eigenvalue weighted by Crippen LogP contribution is -2.11. The standard InChI is InChI=1S/C10H10N6O4/c11-13-9-2-1-8(15(17)18)3-7(9)4-14-5-10(12-6-14)16(19)20/h1-3,5-6,13H,4,11H2. The Morgan fingerprint density at radius 3 is 2.60 bits per heavy atom. The minimum absolute atomic E-state index is 0.0892. The largest absolute Gasteiger partial charge is 0.381 e. The van der Waals surface area contributed by atoms with Gasteiger partial charge in [-0.05, 0) is 16.0 Å². The topological polar surface area (TPSA) is 142 Å². The molecule has 0 saturated heterocycles. The number of rotatable bonds is 5. The summed E-state index contributed by atoms with van der Waals surface area (Å²) in [4.78, 5) is 23.7. The molecular weight excluding hydrogens is 268 g/mol. The maximum atomic E-state index is 10.7. The number of nitrogen functional groups attached to an aromatic ring is 1. The van der Waals surface area contributed by atoms with Crippen LogP contribution >= 0.6 is 0 Å². The lowest BCUT2D eigenvalue weighted by Gasteiger charge is -2.08. The fourth-order valence-electron chi connectivity index (χ4n) is 1.69. The van der Waals surface area contributed by atoms with Crippen molar-refractivity contribution in [3.63, 3.8) is 0 Å². The second kappa shape index (κ2) is 5.32. The van der Waals surface area contributed by atoms with Crippen LogP contribution in [-0.4, -0.2) is 19.4 Å². The van der Waals surface area contributed by atoms with Gasteiger partial charge >= 0.3 is 5.82 Å². The van der Waals surface area contributed by atoms with E-state index in [1.807, 2.05) is 0 Å². The highest BCUT2D eigenvalue weighted by molar-refractivity contribution is 5.55. The third kappa shape index (κ3) is 2.70. The predicted molar refractivity (Wildman–Crippen MR) is 68.9 cm³/mol. The molecule has 2 aromatic rings. The SMILES string of the molecule is NNc1ccc([N+](=O)[O-])cc1Cn1cnc([N+](=O)[O-])c1. The molecule has 0 radical (unpaired) electrons. The number of nitro benzene ring substituents is 1. The molecule has 1 aromatic carbocycles. The Labute approximate surface area is 112 Å². The summed E-state index contributed by atoms with van der Waals surface area (Å²) in [7, 11) is 0. The second-order valence-corrected chi connectivity index (χ2v) is 3.90. The van der Waals surface area contributed by atoms with E-state index in [4.69, 9.17) is 5.84 Å². The molecule has 104 valence electrons. The molecule has 0 amide bonds. The summed E-state index contributed by atoms with van der Waals surface area (Å²) in [6.45, 7) is 0.169. The number of nitro groups is 2. The van der Waals surface area contributed by atoms with E-state index in [9.17, 15) is 20.2 Å². The van der Waals surface area contributed by atoms with Gasteiger partial charge in [-0.2, -0.15) is 0 Å². The van der Waals surface area contributed by atoms with Gasteiger partial charge in [0.15, 0.2) is 0 Å². The number of benzene rings is 1. The maximum Gasteiger partial charge on any atom is 0.381 e. The van der Waals surface area contributed by atoms with E-state index in [1.54, 1.807) is 0 Å². The van der Waals surface area contributed by atoms with Gasteiger partial charge in [-0.25, -0.2) is 0 Å². The summed E-state index contributed by atoms with van der Waals surface area (Å²) in [5.41, 5.74) is 3.35. The molecule has 3 N–H and O–H groups in total. The third-order valence-electron chi connectivity index (χ3n) is 2.61. The van der Waals surface area contributed by atoms with Gasteiger partial charge in [0.2, 0.25) is 6.33 Å². The van der Waals surface area contributed by atoms with Gasteiger partial charge < -0.3 is 20.1 Å². The summed E-state index contributed by atoms with van der Waals surface area (Å²) >= 11 is 0. The van der Waals surface area contributed by atoms with E-state index < -0.39 is 9.85 Å². The number of nitrogens with two attached hydrogens (primary N) is 1. The summed E-state index contributed by atoms with van der Waals surface area (Å²) in [5.74, 6) is 5.04. The van der Waals surface area contributed by atoms with E-state index in [1.165, 1.54) is 35.3 Å². The van der Waals surface area contributed by atoms with Crippen LogP contribution in [0.15, 0.2) is 30.7 Å². The number of anilines is 1. The van der Waals surface area contributed by atoms with Crippen molar-refractivity contribution in [2.75, 3.05) is 5.43 Å². The Bertz CT molecular complexity index is 668. The molecule has 0 fully saturated rings. The van der Waals surface area contributed by atoms with Crippen LogP contribution < -0.4 is 11.3 Å². The Hall–Kier alpha value is -3.01. The van der Waals surface area contributed by atoms with Gasteiger partial charge in [0.1, 0.15) is 6.20 Å². The number of hydrogen-bond donors (Lipinski definition) is 2. The molecule has 20 heavy (non-hydrogen) atoms. The first kappa shape index (κ1) is 13.4. The van der Waals surface area contributed by atoms with Crippen LogP contribution in [0, 0.1) is 20.2 Å². The van der Waals surface area contributed by atoms with Crippen LogP contribution in [0.5, 0.6) is 0 Å². The van der Waals surface area contributed by atoms with Crippen LogP contribution in [0.2, 0.25) is 0 Å². The summed E-state index contributed by atoms with van der Waals surface area (Å²) < 4.78 is 1.44. The van der Waals surface area contributed by atoms with Crippen molar-refractivity contribution in [2.45, 2.75) is 6.54 Å². The molecule has 0 bridgehead atoms. The third-order valence-corrected chi connectivity index (χ3v) is 2.61. The van der Waals surface area contributed by atoms with Crippen LogP contribution in [0.1, 0.15) is 5.56 Å². The predicted octanol–water partition coefficient (Wildman–Crippen LogP) is 1.03. The Kier molecular flexibility index (Phi) is 3.57. The quantitative estimate of drug-likeness (QED) is 0.472. The maximum absolute atomic E-state index is 10.7. The summed E-state index contributed by atoms with van der Waals surface area (Å²) in [6.07, 6.45) is 2.51. The number of hydrazine groups is 1. The minimum atomic E-state index is -0.619. The van der Waals surface area contributed by atoms with Crippen molar-refractivity contribution < 1.29 is 9.85 Å². The summed E-state index contributed by atoms with van der Waals surface area (Å²) in [5, 5.41) is 21.3. The first-order chi connectivity index (χ1) is 9.51. The fraction of sp³-hybridized carbons (Fsp3) is 0.100. The highest BCUT2D eigenvalue weighted by Crippen LogP contribution is 2.22. The molecule has 1 aromatic heterocycles. The smallest absolute Gasteiger partial charge is 0.358 e. The molecule has 10 nitrogen and oxygen atoms in total. The van der Waals surface area contributed by atoms with Gasteiger partial charge in [0.25, 0.3) is 5.69 Å². The Morgan fingerprint density at radius 2 is 2.05 bits per heavy atom. The van der Waals surface area contributed by atoms with E-state index in [0.29, 0.717) is 11.3 Å². The van der Waals surface area contributed by atoms with Gasteiger partial charge in [0, 0.05) is 17.7 Å². The first-order valence-corrected chi connectivity index (χ1v) is 5.41. The van der Waals surface area contributed by atoms with Gasteiger partial charge in [-0.3, -0.25) is 16.0 Å². The number of nitrogens with zero attached hydrogens (tertiary/aromatic N) is 4. The number of hydrogen-bond acceptors (Lipinski definition) is 7. The van der Waals surface area contributed by atoms with Crippen LogP contribution in [0.4, 0.5) is 17.2 Å². The first-order valence-electron chi connectivity index (χ1n) is 5.41. The van der Waals surface area contributed by atoms with Crippen LogP contribution in [-0.2, 0) is 6.54 Å². The molecule has 0 saturated carbocycles. The lowest BCUT2D eigenvalue weighted by atomic mass is 10.1. The zero-order chi connectivity index (χ0) is 14.7. The average molecular weight is 278 g/mol. The normalized spacial score (nSPS) is 10.2. The zero-order valence-corrected chi connectivity index (χ0v) is 10.1. The van der Waals surface area contributed by atoms with Crippen molar-refractivity contribution in [2.24, 2.45) is 5.84 Å². The summed E-state index contributed by atoms with van der Waals surface area (Å²) in [6, 6.07) is 4.13. The van der Waals surface area contributed by atoms with Gasteiger partial charge in [-0.15, -0.1) is 0 Å². The molecular formula is C10H10N6O4. The van der Waals surface area contributed by atoms with Crippen molar-refractivity contribution in [3.8, 4) is 0 Å². The molecule has 0 aliphatic rings. The number of aromatic nitrogens is 2. The molecule has 0 aliphatic carbocycles. The molecule has 0 spiro atoms. The molecule has 0 unspecified atom stereocenters. The molecule has 2 rings (SSSR count). The molecule has 0 aliphatic heterocycles. The highest BCUT2D eigenvalue weighted by Gasteiger charge is 2.14. The monoisotopic (exact) mass is 278 g/mol. The molecule has 10 heteroatoms. The van der Waals surface area contributed by atoms with E-state index in [2.05, 4.69) is 10.4 Å². The van der Waals surface area contributed by atoms with Crippen molar-refractivity contribution in [1.29, 1.82) is 0 Å². The van der Waals surface area contributed by atoms with E-state index in [0.717, 1.165) is 0 Å². The van der Waals surface area contributed by atoms with E-state index >= 15 is 0 Å². The van der Waals surface area contributed by atoms with Crippen molar-refractivity contribution in [1.82, 2.24) is 9.55 Å². The fourth-order valence-corrected chi connectivity index (χ4v) is 1.69. The Balaban J connectivity index is 2.32. The lowest BCUT2D eigenvalue weighted by molar-refractivity contribution is -0.389.